The van der Waals surface area contributed by atoms with E-state index in [-0.39, 0.29) is 18.3 Å². The van der Waals surface area contributed by atoms with E-state index in [1.807, 2.05) is 31.2 Å². The second-order valence-corrected chi connectivity index (χ2v) is 5.01. The fourth-order valence-electron chi connectivity index (χ4n) is 2.32. The maximum absolute atomic E-state index is 12.0. The zero-order valence-corrected chi connectivity index (χ0v) is 12.5. The van der Waals surface area contributed by atoms with E-state index in [0.29, 0.717) is 32.0 Å². The molecule has 1 saturated heterocycles. The van der Waals surface area contributed by atoms with Gasteiger partial charge in [-0.15, -0.1) is 6.58 Å². The van der Waals surface area contributed by atoms with Gasteiger partial charge in [0.1, 0.15) is 18.1 Å². The first kappa shape index (κ1) is 15.6. The molecule has 0 aromatic heterocycles. The predicted octanol–water partition coefficient (Wildman–Crippen LogP) is 2.80. The smallest absolute Gasteiger partial charge is 0.175 e. The molecule has 0 bridgehead atoms. The largest absolute Gasteiger partial charge is 0.494 e. The minimum absolute atomic E-state index is 0.0180. The first-order valence-electron chi connectivity index (χ1n) is 7.34. The lowest BCUT2D eigenvalue weighted by Gasteiger charge is -2.13. The summed E-state index contributed by atoms with van der Waals surface area (Å²) in [5.41, 5.74) is 0.978. The van der Waals surface area contributed by atoms with E-state index >= 15 is 0 Å². The van der Waals surface area contributed by atoms with Gasteiger partial charge >= 0.3 is 0 Å². The molecule has 114 valence electrons. The van der Waals surface area contributed by atoms with E-state index in [2.05, 4.69) is 6.58 Å². The molecule has 1 unspecified atom stereocenters. The summed E-state index contributed by atoms with van der Waals surface area (Å²) in [7, 11) is 0. The number of carbonyl (C=O) groups excluding carboxylic acids is 1. The van der Waals surface area contributed by atoms with Crippen molar-refractivity contribution < 1.29 is 19.0 Å². The highest BCUT2D eigenvalue weighted by Crippen LogP contribution is 2.25. The van der Waals surface area contributed by atoms with Gasteiger partial charge in [0.25, 0.3) is 0 Å². The molecule has 0 aliphatic carbocycles. The van der Waals surface area contributed by atoms with Crippen molar-refractivity contribution in [2.24, 2.45) is 5.92 Å². The van der Waals surface area contributed by atoms with Crippen LogP contribution in [0.2, 0.25) is 0 Å². The first-order valence-corrected chi connectivity index (χ1v) is 7.34. The summed E-state index contributed by atoms with van der Waals surface area (Å²) in [6.45, 7) is 7.59. The van der Waals surface area contributed by atoms with Crippen molar-refractivity contribution in [3.05, 3.63) is 36.4 Å². The molecule has 4 nitrogen and oxygen atoms in total. The second-order valence-electron chi connectivity index (χ2n) is 5.01. The van der Waals surface area contributed by atoms with Gasteiger partial charge in [-0.25, -0.2) is 0 Å². The van der Waals surface area contributed by atoms with Gasteiger partial charge in [-0.1, -0.05) is 6.08 Å². The van der Waals surface area contributed by atoms with Gasteiger partial charge in [-0.05, 0) is 38.0 Å². The Morgan fingerprint density at radius 1 is 1.48 bits per heavy atom. The number of benzene rings is 1. The van der Waals surface area contributed by atoms with Crippen LogP contribution in [0.5, 0.6) is 11.5 Å². The normalized spacial score (nSPS) is 17.5. The van der Waals surface area contributed by atoms with Crippen LogP contribution in [0.3, 0.4) is 0 Å². The SMILES string of the molecule is C=CCc1cc(OCC)ccc1OCC(=O)C1CCOC1. The van der Waals surface area contributed by atoms with E-state index in [9.17, 15) is 4.79 Å². The average molecular weight is 290 g/mol. The van der Waals surface area contributed by atoms with Crippen molar-refractivity contribution in [2.75, 3.05) is 26.4 Å². The number of hydrogen-bond donors (Lipinski definition) is 0. The number of hydrogen-bond acceptors (Lipinski definition) is 4. The van der Waals surface area contributed by atoms with E-state index in [4.69, 9.17) is 14.2 Å². The third-order valence-electron chi connectivity index (χ3n) is 3.46. The van der Waals surface area contributed by atoms with Crippen molar-refractivity contribution in [3.63, 3.8) is 0 Å². The van der Waals surface area contributed by atoms with Crippen molar-refractivity contribution >= 4 is 5.78 Å². The molecule has 4 heteroatoms. The van der Waals surface area contributed by atoms with Crippen LogP contribution >= 0.6 is 0 Å². The van der Waals surface area contributed by atoms with Gasteiger partial charge in [-0.2, -0.15) is 0 Å². The molecule has 21 heavy (non-hydrogen) atoms. The van der Waals surface area contributed by atoms with Crippen LogP contribution in [0.4, 0.5) is 0 Å². The highest BCUT2D eigenvalue weighted by molar-refractivity contribution is 5.82. The zero-order chi connectivity index (χ0) is 15.1. The summed E-state index contributed by atoms with van der Waals surface area (Å²) in [6.07, 6.45) is 3.28. The lowest BCUT2D eigenvalue weighted by atomic mass is 10.0. The van der Waals surface area contributed by atoms with Crippen LogP contribution < -0.4 is 9.47 Å². The van der Waals surface area contributed by atoms with Crippen LogP contribution in [0.15, 0.2) is 30.9 Å². The Morgan fingerprint density at radius 3 is 3.00 bits per heavy atom. The van der Waals surface area contributed by atoms with Gasteiger partial charge in [0.15, 0.2) is 5.78 Å². The minimum atomic E-state index is -0.0180. The molecule has 1 heterocycles. The Bertz CT molecular complexity index is 490. The molecule has 0 radical (unpaired) electrons. The molecule has 1 aliphatic rings. The lowest BCUT2D eigenvalue weighted by molar-refractivity contribution is -0.124. The Labute approximate surface area is 125 Å². The third kappa shape index (κ3) is 4.33. The Balaban J connectivity index is 2.00. The molecular weight excluding hydrogens is 268 g/mol. The highest BCUT2D eigenvalue weighted by Gasteiger charge is 2.23. The van der Waals surface area contributed by atoms with Crippen molar-refractivity contribution in [1.29, 1.82) is 0 Å². The summed E-state index contributed by atoms with van der Waals surface area (Å²) >= 11 is 0. The fourth-order valence-corrected chi connectivity index (χ4v) is 2.32. The molecule has 0 spiro atoms. The summed E-state index contributed by atoms with van der Waals surface area (Å²) in [6, 6.07) is 5.64. The zero-order valence-electron chi connectivity index (χ0n) is 12.5. The van der Waals surface area contributed by atoms with Gasteiger partial charge in [-0.3, -0.25) is 4.79 Å². The van der Waals surface area contributed by atoms with Crippen molar-refractivity contribution in [1.82, 2.24) is 0 Å². The number of carbonyl (C=O) groups is 1. The quantitative estimate of drug-likeness (QED) is 0.691. The van der Waals surface area contributed by atoms with Gasteiger partial charge in [0.05, 0.1) is 13.2 Å². The lowest BCUT2D eigenvalue weighted by Crippen LogP contribution is -2.22. The van der Waals surface area contributed by atoms with Crippen LogP contribution in [0.25, 0.3) is 0 Å². The van der Waals surface area contributed by atoms with Crippen molar-refractivity contribution in [2.45, 2.75) is 19.8 Å². The molecule has 0 saturated carbocycles. The molecule has 1 atom stereocenters. The number of rotatable bonds is 8. The fraction of sp³-hybridized carbons (Fsp3) is 0.471. The third-order valence-corrected chi connectivity index (χ3v) is 3.46. The Kier molecular flexibility index (Phi) is 5.81. The Hall–Kier alpha value is -1.81. The maximum Gasteiger partial charge on any atom is 0.175 e. The number of allylic oxidation sites excluding steroid dienone is 1. The van der Waals surface area contributed by atoms with E-state index in [0.717, 1.165) is 17.7 Å². The molecule has 1 aromatic carbocycles. The molecule has 1 aromatic rings. The van der Waals surface area contributed by atoms with E-state index in [1.165, 1.54) is 0 Å². The topological polar surface area (TPSA) is 44.8 Å². The number of ether oxygens (including phenoxy) is 3. The first-order chi connectivity index (χ1) is 10.2. The highest BCUT2D eigenvalue weighted by atomic mass is 16.5. The molecule has 0 amide bonds. The van der Waals surface area contributed by atoms with E-state index < -0.39 is 0 Å². The summed E-state index contributed by atoms with van der Waals surface area (Å²) in [5.74, 6) is 1.60. The van der Waals surface area contributed by atoms with Crippen LogP contribution in [0, 0.1) is 5.92 Å². The summed E-state index contributed by atoms with van der Waals surface area (Å²) in [4.78, 5) is 12.0. The van der Waals surface area contributed by atoms with Crippen LogP contribution in [-0.4, -0.2) is 32.2 Å². The average Bonchev–Trinajstić information content (AvgIpc) is 3.01. The molecule has 0 N–H and O–H groups in total. The summed E-state index contributed by atoms with van der Waals surface area (Å²) in [5, 5.41) is 0. The van der Waals surface area contributed by atoms with E-state index in [1.54, 1.807) is 0 Å². The second kappa shape index (κ2) is 7.84. The van der Waals surface area contributed by atoms with Gasteiger partial charge in [0.2, 0.25) is 0 Å². The maximum atomic E-state index is 12.0. The molecule has 1 fully saturated rings. The van der Waals surface area contributed by atoms with Gasteiger partial charge < -0.3 is 14.2 Å². The monoisotopic (exact) mass is 290 g/mol. The Morgan fingerprint density at radius 2 is 2.33 bits per heavy atom. The summed E-state index contributed by atoms with van der Waals surface area (Å²) < 4.78 is 16.4. The molecular formula is C17H22O4. The molecule has 1 aliphatic heterocycles. The minimum Gasteiger partial charge on any atom is -0.494 e. The predicted molar refractivity (Wildman–Crippen MR) is 80.9 cm³/mol. The van der Waals surface area contributed by atoms with Crippen LogP contribution in [0.1, 0.15) is 18.9 Å². The number of Topliss-reactive ketones (excluding diaryl/α,β-unsaturated/α-hetero) is 1. The molecule has 2 rings (SSSR count). The standard InChI is InChI=1S/C17H22O4/c1-3-5-13-10-15(20-4-2)6-7-17(13)21-12-16(18)14-8-9-19-11-14/h3,6-7,10,14H,1,4-5,8-9,11-12H2,2H3. The van der Waals surface area contributed by atoms with Crippen LogP contribution in [-0.2, 0) is 16.0 Å². The number of ketones is 1. The van der Waals surface area contributed by atoms with Crippen molar-refractivity contribution in [3.8, 4) is 11.5 Å². The van der Waals surface area contributed by atoms with Gasteiger partial charge in [0, 0.05) is 18.1 Å².